The molecule has 3 amide bonds. The van der Waals surface area contributed by atoms with Crippen molar-refractivity contribution in [3.8, 4) is 0 Å². The Bertz CT molecular complexity index is 670. The van der Waals surface area contributed by atoms with E-state index in [1.807, 2.05) is 48.8 Å². The number of carbonyl (C=O) groups is 2. The van der Waals surface area contributed by atoms with Gasteiger partial charge in [-0.2, -0.15) is 0 Å². The Morgan fingerprint density at radius 1 is 1.24 bits per heavy atom. The molecule has 1 N–H and O–H groups in total. The number of aromatic nitrogens is 2. The van der Waals surface area contributed by atoms with Gasteiger partial charge < -0.3 is 9.30 Å². The zero-order valence-corrected chi connectivity index (χ0v) is 12.2. The van der Waals surface area contributed by atoms with Gasteiger partial charge in [-0.3, -0.25) is 10.1 Å². The Morgan fingerprint density at radius 2 is 2.00 bits per heavy atom. The number of hydrogen-bond donors (Lipinski definition) is 1. The van der Waals surface area contributed by atoms with Crippen molar-refractivity contribution in [2.75, 3.05) is 0 Å². The van der Waals surface area contributed by atoms with Gasteiger partial charge in [-0.15, -0.1) is 0 Å². The Hall–Kier alpha value is -2.37. The predicted octanol–water partition coefficient (Wildman–Crippen LogP) is 1.94. The number of amides is 3. The van der Waals surface area contributed by atoms with Crippen LogP contribution in [0.15, 0.2) is 30.6 Å². The van der Waals surface area contributed by atoms with E-state index in [2.05, 4.69) is 10.3 Å². The van der Waals surface area contributed by atoms with E-state index in [0.29, 0.717) is 19.4 Å². The Kier molecular flexibility index (Phi) is 3.16. The summed E-state index contributed by atoms with van der Waals surface area (Å²) in [6.07, 6.45) is 4.98. The number of nitrogens with zero attached hydrogens (tertiary/aromatic N) is 3. The molecule has 1 fully saturated rings. The molecule has 2 aromatic rings. The SMILES string of the molecule is CCC1(CC)C(=O)NC(=O)N1Cc1cn2ccccc2n1. The van der Waals surface area contributed by atoms with Crippen LogP contribution in [0.1, 0.15) is 32.4 Å². The Labute approximate surface area is 122 Å². The third-order valence-corrected chi connectivity index (χ3v) is 4.31. The maximum atomic E-state index is 12.1. The number of fused-ring (bicyclic) bond motifs is 1. The number of imide groups is 1. The van der Waals surface area contributed by atoms with E-state index in [-0.39, 0.29) is 11.9 Å². The van der Waals surface area contributed by atoms with E-state index < -0.39 is 5.54 Å². The summed E-state index contributed by atoms with van der Waals surface area (Å²) < 4.78 is 1.91. The van der Waals surface area contributed by atoms with Gasteiger partial charge in [0.05, 0.1) is 12.2 Å². The molecule has 3 rings (SSSR count). The van der Waals surface area contributed by atoms with Crippen molar-refractivity contribution in [1.29, 1.82) is 0 Å². The van der Waals surface area contributed by atoms with E-state index in [4.69, 9.17) is 0 Å². The minimum absolute atomic E-state index is 0.207. The fourth-order valence-electron chi connectivity index (χ4n) is 3.00. The van der Waals surface area contributed by atoms with Gasteiger partial charge in [-0.1, -0.05) is 19.9 Å². The first-order chi connectivity index (χ1) is 10.1. The topological polar surface area (TPSA) is 66.7 Å². The molecule has 0 bridgehead atoms. The normalized spacial score (nSPS) is 17.5. The second-order valence-electron chi connectivity index (χ2n) is 5.28. The van der Waals surface area contributed by atoms with Crippen molar-refractivity contribution < 1.29 is 9.59 Å². The summed E-state index contributed by atoms with van der Waals surface area (Å²) >= 11 is 0. The summed E-state index contributed by atoms with van der Waals surface area (Å²) in [5, 5.41) is 2.43. The highest BCUT2D eigenvalue weighted by molar-refractivity contribution is 6.06. The summed E-state index contributed by atoms with van der Waals surface area (Å²) in [5.41, 5.74) is 0.849. The number of nitrogens with one attached hydrogen (secondary N) is 1. The van der Waals surface area contributed by atoms with Crippen LogP contribution >= 0.6 is 0 Å². The fourth-order valence-corrected chi connectivity index (χ4v) is 3.00. The minimum atomic E-state index is -0.757. The van der Waals surface area contributed by atoms with Gasteiger partial charge in [0, 0.05) is 12.4 Å². The average molecular weight is 286 g/mol. The second-order valence-corrected chi connectivity index (χ2v) is 5.28. The van der Waals surface area contributed by atoms with Gasteiger partial charge in [-0.05, 0) is 25.0 Å². The number of pyridine rings is 1. The molecule has 1 aliphatic heterocycles. The molecule has 1 aliphatic rings. The van der Waals surface area contributed by atoms with Crippen LogP contribution in [0.2, 0.25) is 0 Å². The van der Waals surface area contributed by atoms with Crippen LogP contribution in [0, 0.1) is 0 Å². The molecule has 0 radical (unpaired) electrons. The molecule has 2 aromatic heterocycles. The molecule has 0 spiro atoms. The van der Waals surface area contributed by atoms with Crippen molar-refractivity contribution in [3.05, 3.63) is 36.3 Å². The van der Waals surface area contributed by atoms with Gasteiger partial charge in [0.2, 0.25) is 0 Å². The van der Waals surface area contributed by atoms with E-state index in [0.717, 1.165) is 11.3 Å². The van der Waals surface area contributed by atoms with Crippen molar-refractivity contribution in [2.24, 2.45) is 0 Å². The molecule has 21 heavy (non-hydrogen) atoms. The van der Waals surface area contributed by atoms with Crippen LogP contribution in [0.25, 0.3) is 5.65 Å². The molecular weight excluding hydrogens is 268 g/mol. The number of urea groups is 1. The summed E-state index contributed by atoms with van der Waals surface area (Å²) in [7, 11) is 0. The highest BCUT2D eigenvalue weighted by Gasteiger charge is 2.50. The molecule has 1 saturated heterocycles. The molecule has 0 atom stereocenters. The minimum Gasteiger partial charge on any atom is -0.307 e. The van der Waals surface area contributed by atoms with Gasteiger partial charge in [-0.25, -0.2) is 9.78 Å². The van der Waals surface area contributed by atoms with Gasteiger partial charge >= 0.3 is 6.03 Å². The van der Waals surface area contributed by atoms with Crippen molar-refractivity contribution >= 4 is 17.6 Å². The summed E-state index contributed by atoms with van der Waals surface area (Å²) in [6, 6.07) is 5.42. The molecule has 6 heteroatoms. The summed E-state index contributed by atoms with van der Waals surface area (Å²) in [5.74, 6) is -0.207. The van der Waals surface area contributed by atoms with Gasteiger partial charge in [0.15, 0.2) is 0 Å². The molecule has 6 nitrogen and oxygen atoms in total. The third-order valence-electron chi connectivity index (χ3n) is 4.31. The lowest BCUT2D eigenvalue weighted by Crippen LogP contribution is -2.48. The molecule has 0 aliphatic carbocycles. The average Bonchev–Trinajstić information content (AvgIpc) is 2.99. The first-order valence-corrected chi connectivity index (χ1v) is 7.16. The maximum absolute atomic E-state index is 12.1. The standard InChI is InChI=1S/C15H18N4O2/c1-3-15(4-2)13(20)17-14(21)19(15)10-11-9-18-8-6-5-7-12(18)16-11/h5-9H,3-4,10H2,1-2H3,(H,17,20,21). The summed E-state index contributed by atoms with van der Waals surface area (Å²) in [6.45, 7) is 4.19. The molecule has 110 valence electrons. The quantitative estimate of drug-likeness (QED) is 0.873. The number of carbonyl (C=O) groups excluding carboxylic acids is 2. The van der Waals surface area contributed by atoms with Crippen LogP contribution in [0.3, 0.4) is 0 Å². The monoisotopic (exact) mass is 286 g/mol. The largest absolute Gasteiger partial charge is 0.325 e. The highest BCUT2D eigenvalue weighted by atomic mass is 16.2. The highest BCUT2D eigenvalue weighted by Crippen LogP contribution is 2.30. The van der Waals surface area contributed by atoms with E-state index >= 15 is 0 Å². The van der Waals surface area contributed by atoms with E-state index in [1.54, 1.807) is 4.90 Å². The second kappa shape index (κ2) is 4.87. The van der Waals surface area contributed by atoms with Crippen LogP contribution in [0.5, 0.6) is 0 Å². The summed E-state index contributed by atoms with van der Waals surface area (Å²) in [4.78, 5) is 30.3. The van der Waals surface area contributed by atoms with Crippen molar-refractivity contribution in [2.45, 2.75) is 38.8 Å². The third kappa shape index (κ3) is 1.98. The molecule has 0 saturated carbocycles. The lowest BCUT2D eigenvalue weighted by molar-refractivity contribution is -0.127. The smallest absolute Gasteiger partial charge is 0.307 e. The number of imidazole rings is 1. The van der Waals surface area contributed by atoms with Gasteiger partial charge in [0.25, 0.3) is 5.91 Å². The Balaban J connectivity index is 1.95. The molecule has 0 unspecified atom stereocenters. The maximum Gasteiger partial charge on any atom is 0.325 e. The predicted molar refractivity (Wildman–Crippen MR) is 77.6 cm³/mol. The van der Waals surface area contributed by atoms with E-state index in [9.17, 15) is 9.59 Å². The lowest BCUT2D eigenvalue weighted by Gasteiger charge is -2.32. The first kappa shape index (κ1) is 13.6. The number of rotatable bonds is 4. The van der Waals surface area contributed by atoms with E-state index in [1.165, 1.54) is 0 Å². The fraction of sp³-hybridized carbons (Fsp3) is 0.400. The lowest BCUT2D eigenvalue weighted by atomic mass is 9.91. The van der Waals surface area contributed by atoms with Crippen LogP contribution in [-0.2, 0) is 11.3 Å². The Morgan fingerprint density at radius 3 is 2.67 bits per heavy atom. The van der Waals surface area contributed by atoms with Crippen molar-refractivity contribution in [1.82, 2.24) is 19.6 Å². The van der Waals surface area contributed by atoms with Crippen molar-refractivity contribution in [3.63, 3.8) is 0 Å². The molecule has 3 heterocycles. The van der Waals surface area contributed by atoms with Crippen LogP contribution in [0.4, 0.5) is 4.79 Å². The number of hydrogen-bond acceptors (Lipinski definition) is 3. The molecule has 0 aromatic carbocycles. The zero-order valence-electron chi connectivity index (χ0n) is 12.2. The van der Waals surface area contributed by atoms with Crippen LogP contribution in [-0.4, -0.2) is 31.8 Å². The van der Waals surface area contributed by atoms with Crippen LogP contribution < -0.4 is 5.32 Å². The molecular formula is C15H18N4O2. The van der Waals surface area contributed by atoms with Gasteiger partial charge in [0.1, 0.15) is 11.2 Å². The first-order valence-electron chi connectivity index (χ1n) is 7.16. The zero-order chi connectivity index (χ0) is 15.0.